The maximum atomic E-state index is 15.6. The van der Waals surface area contributed by atoms with E-state index in [1.807, 2.05) is 71.0 Å². The highest BCUT2D eigenvalue weighted by atomic mass is 31.2. The minimum atomic E-state index is -4.01. The van der Waals surface area contributed by atoms with Gasteiger partial charge in [0.15, 0.2) is 7.14 Å². The number of aliphatic hydroxyl groups is 1. The third-order valence-corrected chi connectivity index (χ3v) is 36.9. The Morgan fingerprint density at radius 3 is 0.662 bits per heavy atom. The van der Waals surface area contributed by atoms with Crippen molar-refractivity contribution in [2.75, 3.05) is 26.4 Å². The molecular formula is C121H106O20P4. The van der Waals surface area contributed by atoms with Crippen LogP contribution in [0.2, 0.25) is 0 Å². The van der Waals surface area contributed by atoms with Crippen LogP contribution in [-0.4, -0.2) is 72.0 Å². The standard InChI is InChI=1S/C121H106O20P4/c1-81-65-85(5)109(117(126)142(130,97-33-17-9-18-34-97)98-35-19-10-20-36-98)105(69-81)134-73-89-49-57-93(58-50-89)113(122)138-77-121(78-139-114(123)94-59-51-90(52-60-94)74-135-106-70-82(2)66-86(6)110(106)118(127)143(131,99-37-21-11-22-38-99)100-39-23-12-24-40-100,79-140-115(124)95-61-53-91(54-62-95)75-136-107-71-83(3)67-87(7)111(107)119(128)144(132,101-41-25-13-26-42-101)102-43-27-14-28-44-102)80-141-116(125)96-63-55-92(56-64-96)76-137-108-72-84(4)68-88(8)112(108)120(129)145(133,103-45-29-15-30-46-103)104-47-31-16-32-48-104/h9-72,117,126H,73-80H2,1-8H3. The van der Waals surface area contributed by atoms with Crippen LogP contribution >= 0.6 is 28.6 Å². The molecule has 0 saturated heterocycles. The SMILES string of the molecule is Cc1cc(C)c(C(=O)P(=O)(c2ccccc2)c2ccccc2)c(OCc2ccc(C(=O)OCC(COC(=O)c3ccc(COc4cc(C)cc(C)c4C(=O)P(=O)(c4ccccc4)c4ccccc4)cc3)(COC(=O)c3ccc(COc4cc(C)cc(C)c4C(=O)P(=O)(c4ccccc4)c4ccccc4)cc3)COC(=O)c3ccc(COc4cc(C)cc(C)c4C(O)P(=O)(c4ccccc4)c4ccccc4)cc3)cc2)c1. The molecule has 16 aromatic carbocycles. The first-order valence-electron chi connectivity index (χ1n) is 47.1. The molecule has 16 aromatic rings. The van der Waals surface area contributed by atoms with E-state index >= 15 is 32.6 Å². The van der Waals surface area contributed by atoms with Crippen molar-refractivity contribution in [3.05, 3.63) is 500 Å². The molecule has 16 rings (SSSR count). The van der Waals surface area contributed by atoms with Crippen molar-refractivity contribution >= 4 is 111 Å². The second kappa shape index (κ2) is 45.4. The summed E-state index contributed by atoms with van der Waals surface area (Å²) in [4.78, 5) is 105. The van der Waals surface area contributed by atoms with Gasteiger partial charge in [-0.2, -0.15) is 0 Å². The molecule has 0 aromatic heterocycles. The van der Waals surface area contributed by atoms with E-state index in [-0.39, 0.29) is 88.4 Å². The number of carbonyl (C=O) groups is 7. The van der Waals surface area contributed by atoms with Gasteiger partial charge in [0, 0.05) is 48.0 Å². The Hall–Kier alpha value is -15.5. The Morgan fingerprint density at radius 2 is 0.441 bits per heavy atom. The van der Waals surface area contributed by atoms with E-state index in [9.17, 15) is 24.3 Å². The zero-order valence-electron chi connectivity index (χ0n) is 81.2. The number of aryl methyl sites for hydroxylation is 8. The third-order valence-electron chi connectivity index (χ3n) is 25.3. The molecule has 0 heterocycles. The molecule has 145 heavy (non-hydrogen) atoms. The zero-order valence-corrected chi connectivity index (χ0v) is 84.8. The van der Waals surface area contributed by atoms with E-state index in [1.165, 1.54) is 48.5 Å². The van der Waals surface area contributed by atoms with Crippen LogP contribution in [0.15, 0.2) is 388 Å². The van der Waals surface area contributed by atoms with E-state index in [2.05, 4.69) is 0 Å². The summed E-state index contributed by atoms with van der Waals surface area (Å²) in [6, 6.07) is 108. The van der Waals surface area contributed by atoms with Crippen molar-refractivity contribution in [2.24, 2.45) is 5.41 Å². The quantitative estimate of drug-likeness (QED) is 0.0212. The second-order valence-electron chi connectivity index (χ2n) is 36.1. The monoisotopic (exact) mass is 2000 g/mol. The third kappa shape index (κ3) is 22.8. The molecule has 0 amide bonds. The van der Waals surface area contributed by atoms with Gasteiger partial charge in [-0.25, -0.2) is 19.2 Å². The van der Waals surface area contributed by atoms with Crippen LogP contribution < -0.4 is 61.4 Å². The van der Waals surface area contributed by atoms with Gasteiger partial charge < -0.3 is 61.3 Å². The molecule has 0 fully saturated rings. The average Bonchev–Trinajstić information content (AvgIpc) is 0.763. The second-order valence-corrected chi connectivity index (χ2v) is 46.9. The van der Waals surface area contributed by atoms with Gasteiger partial charge in [0.05, 0.1) is 38.9 Å². The molecule has 20 nitrogen and oxygen atoms in total. The van der Waals surface area contributed by atoms with Crippen LogP contribution in [0.3, 0.4) is 0 Å². The van der Waals surface area contributed by atoms with Gasteiger partial charge in [-0.05, 0) is 195 Å². The van der Waals surface area contributed by atoms with Crippen molar-refractivity contribution in [1.29, 1.82) is 0 Å². The van der Waals surface area contributed by atoms with Gasteiger partial charge in [0.1, 0.15) is 87.1 Å². The van der Waals surface area contributed by atoms with Crippen molar-refractivity contribution in [3.63, 3.8) is 0 Å². The summed E-state index contributed by atoms with van der Waals surface area (Å²) >= 11 is 0. The van der Waals surface area contributed by atoms with E-state index < -0.39 is 107 Å². The molecule has 0 aliphatic heterocycles. The number of carbonyl (C=O) groups excluding carboxylic acids is 7. The topological polar surface area (TPSA) is 282 Å². The largest absolute Gasteiger partial charge is 0.488 e. The summed E-state index contributed by atoms with van der Waals surface area (Å²) in [5.74, 6) is -4.35. The zero-order chi connectivity index (χ0) is 102. The maximum Gasteiger partial charge on any atom is 0.338 e. The number of esters is 4. The van der Waals surface area contributed by atoms with Crippen LogP contribution in [-0.2, 0) is 63.6 Å². The lowest BCUT2D eigenvalue weighted by Crippen LogP contribution is -2.44. The summed E-state index contributed by atoms with van der Waals surface area (Å²) in [5, 5.41) is 15.6. The van der Waals surface area contributed by atoms with Gasteiger partial charge in [0.2, 0.25) is 38.0 Å². The first kappa shape index (κ1) is 102. The molecule has 0 saturated carbocycles. The van der Waals surface area contributed by atoms with E-state index in [1.54, 1.807) is 324 Å². The predicted molar refractivity (Wildman–Crippen MR) is 567 cm³/mol. The van der Waals surface area contributed by atoms with Crippen LogP contribution in [0.5, 0.6) is 23.0 Å². The fraction of sp³-hybridized carbons (Fsp3) is 0.149. The van der Waals surface area contributed by atoms with Gasteiger partial charge in [0.25, 0.3) is 0 Å². The molecule has 1 unspecified atom stereocenters. The fourth-order valence-corrected chi connectivity index (χ4v) is 28.2. The maximum absolute atomic E-state index is 15.6. The van der Waals surface area contributed by atoms with Crippen molar-refractivity contribution in [3.8, 4) is 23.0 Å². The summed E-state index contributed by atoms with van der Waals surface area (Å²) in [6.07, 6.45) is 0. The number of benzene rings is 16. The fourth-order valence-electron chi connectivity index (χ4n) is 17.8. The lowest BCUT2D eigenvalue weighted by Gasteiger charge is -2.31. The van der Waals surface area contributed by atoms with Gasteiger partial charge in [-0.15, -0.1) is 0 Å². The number of rotatable bonds is 40. The molecule has 0 spiro atoms. The molecule has 1 atom stereocenters. The van der Waals surface area contributed by atoms with Gasteiger partial charge in [-0.3, -0.25) is 14.4 Å². The highest BCUT2D eigenvalue weighted by Gasteiger charge is 2.45. The summed E-state index contributed by atoms with van der Waals surface area (Å²) < 4.78 is 113. The average molecular weight is 2000 g/mol. The van der Waals surface area contributed by atoms with E-state index in [0.29, 0.717) is 92.5 Å². The first-order valence-corrected chi connectivity index (χ1v) is 54.0. The molecule has 1 N–H and O–H groups in total. The van der Waals surface area contributed by atoms with Crippen LogP contribution in [0, 0.1) is 60.8 Å². The highest BCUT2D eigenvalue weighted by molar-refractivity contribution is 7.94. The lowest BCUT2D eigenvalue weighted by molar-refractivity contribution is -0.0642. The van der Waals surface area contributed by atoms with Gasteiger partial charge in [-0.1, -0.05) is 315 Å². The summed E-state index contributed by atoms with van der Waals surface area (Å²) in [6.45, 7) is 11.1. The molecule has 0 aliphatic rings. The van der Waals surface area contributed by atoms with Crippen molar-refractivity contribution < 1.29 is 94.8 Å². The predicted octanol–water partition coefficient (Wildman–Crippen LogP) is 22.7. The Morgan fingerprint density at radius 1 is 0.248 bits per heavy atom. The molecular weight excluding hydrogens is 1900 g/mol. The first-order chi connectivity index (χ1) is 69.9. The van der Waals surface area contributed by atoms with Crippen LogP contribution in [0.4, 0.5) is 0 Å². The number of hydrogen-bond donors (Lipinski definition) is 1. The summed E-state index contributed by atoms with van der Waals surface area (Å²) in [7, 11) is -15.8. The normalized spacial score (nSPS) is 11.8. The molecule has 0 aliphatic carbocycles. The number of aliphatic hydroxyl groups excluding tert-OH is 1. The van der Waals surface area contributed by atoms with Crippen LogP contribution in [0.25, 0.3) is 0 Å². The Labute approximate surface area is 842 Å². The summed E-state index contributed by atoms with van der Waals surface area (Å²) in [5.41, 5.74) is 4.63. The van der Waals surface area contributed by atoms with Crippen LogP contribution in [0.1, 0.15) is 151 Å². The lowest BCUT2D eigenvalue weighted by atomic mass is 9.92. The van der Waals surface area contributed by atoms with E-state index in [4.69, 9.17) is 37.9 Å². The Balaban J connectivity index is 0.694. The highest BCUT2D eigenvalue weighted by Crippen LogP contribution is 2.59. The minimum Gasteiger partial charge on any atom is -0.488 e. The van der Waals surface area contributed by atoms with Gasteiger partial charge >= 0.3 is 23.9 Å². The Bertz CT molecular complexity index is 6930. The molecule has 730 valence electrons. The van der Waals surface area contributed by atoms with Crippen molar-refractivity contribution in [1.82, 2.24) is 0 Å². The number of hydrogen-bond acceptors (Lipinski definition) is 20. The molecule has 24 heteroatoms. The molecule has 0 bridgehead atoms. The van der Waals surface area contributed by atoms with E-state index in [0.717, 1.165) is 22.3 Å². The Kier molecular flexibility index (Phi) is 32.1. The molecule has 0 radical (unpaired) electrons. The smallest absolute Gasteiger partial charge is 0.338 e. The van der Waals surface area contributed by atoms with Crippen molar-refractivity contribution in [2.45, 2.75) is 87.7 Å². The minimum absolute atomic E-state index is 0.0125. The number of ether oxygens (including phenoxy) is 8.